The monoisotopic (exact) mass is 547 g/mol. The lowest BCUT2D eigenvalue weighted by Gasteiger charge is -2.25. The summed E-state index contributed by atoms with van der Waals surface area (Å²) >= 11 is 0. The first-order chi connectivity index (χ1) is 19.0. The molecule has 0 saturated heterocycles. The van der Waals surface area contributed by atoms with E-state index in [4.69, 9.17) is 24.4 Å². The Morgan fingerprint density at radius 3 is 2.36 bits per heavy atom. The third-order valence-electron chi connectivity index (χ3n) is 6.97. The first-order valence-corrected chi connectivity index (χ1v) is 13.7. The van der Waals surface area contributed by atoms with Gasteiger partial charge < -0.3 is 40.4 Å². The number of fused-ring (bicyclic) bond motifs is 3. The zero-order valence-electron chi connectivity index (χ0n) is 22.3. The Morgan fingerprint density at radius 1 is 0.949 bits per heavy atom. The number of hydrogen-bond donors (Lipinski definition) is 5. The number of rotatable bonds is 17. The number of nitrogens with one attached hydrogen (secondary N) is 3. The molecule has 11 nitrogen and oxygen atoms in total. The zero-order valence-corrected chi connectivity index (χ0v) is 22.3. The Hall–Kier alpha value is -2.99. The summed E-state index contributed by atoms with van der Waals surface area (Å²) in [5.74, 6) is -0.0167. The molecule has 2 aliphatic carbocycles. The van der Waals surface area contributed by atoms with Gasteiger partial charge in [-0.05, 0) is 42.2 Å². The van der Waals surface area contributed by atoms with Crippen molar-refractivity contribution in [3.05, 3.63) is 47.5 Å². The van der Waals surface area contributed by atoms with Crippen LogP contribution >= 0.6 is 0 Å². The fourth-order valence-electron chi connectivity index (χ4n) is 5.18. The lowest BCUT2D eigenvalue weighted by molar-refractivity contribution is -0.124. The lowest BCUT2D eigenvalue weighted by atomic mass is 9.81. The molecule has 1 aromatic carbocycles. The Kier molecular flexibility index (Phi) is 13.2. The molecule has 1 aromatic rings. The van der Waals surface area contributed by atoms with Crippen molar-refractivity contribution in [1.82, 2.24) is 16.0 Å². The Balaban J connectivity index is 1.53. The second-order valence-electron chi connectivity index (χ2n) is 9.57. The van der Waals surface area contributed by atoms with Crippen molar-refractivity contribution in [3.8, 4) is 0 Å². The number of allylic oxidation sites excluding steroid dienone is 2. The molecule has 0 saturated carbocycles. The molecule has 11 heteroatoms. The van der Waals surface area contributed by atoms with Crippen LogP contribution in [0.2, 0.25) is 0 Å². The normalized spacial score (nSPS) is 20.0. The van der Waals surface area contributed by atoms with Crippen LogP contribution in [-0.4, -0.2) is 93.5 Å². The zero-order chi connectivity index (χ0) is 27.9. The van der Waals surface area contributed by atoms with Gasteiger partial charge in [-0.15, -0.1) is 0 Å². The Morgan fingerprint density at radius 2 is 1.64 bits per heavy atom. The highest BCUT2D eigenvalue weighted by molar-refractivity contribution is 5.86. The molecule has 3 rings (SSSR count). The van der Waals surface area contributed by atoms with Crippen molar-refractivity contribution in [1.29, 1.82) is 0 Å². The molecular formula is C28H41N3O8. The van der Waals surface area contributed by atoms with Crippen LogP contribution in [0.1, 0.15) is 48.6 Å². The summed E-state index contributed by atoms with van der Waals surface area (Å²) in [5.41, 5.74) is 2.51. The molecule has 5 N–H and O–H groups in total. The lowest BCUT2D eigenvalue weighted by Crippen LogP contribution is -2.48. The van der Waals surface area contributed by atoms with E-state index in [1.165, 1.54) is 11.1 Å². The number of aliphatic hydroxyl groups excluding tert-OH is 2. The number of carbonyl (C=O) groups excluding carboxylic acids is 3. The largest absolute Gasteiger partial charge is 0.449 e. The van der Waals surface area contributed by atoms with Crippen LogP contribution in [0.15, 0.2) is 36.4 Å². The number of amides is 3. The molecule has 4 atom stereocenters. The number of hydrogen-bond acceptors (Lipinski definition) is 8. The number of carbonyl (C=O) groups is 3. The summed E-state index contributed by atoms with van der Waals surface area (Å²) in [4.78, 5) is 37.8. The molecule has 0 spiro atoms. The van der Waals surface area contributed by atoms with Gasteiger partial charge in [0.2, 0.25) is 11.8 Å². The van der Waals surface area contributed by atoms with Gasteiger partial charge in [0.05, 0.1) is 39.6 Å². The van der Waals surface area contributed by atoms with Crippen LogP contribution < -0.4 is 16.0 Å². The molecule has 216 valence electrons. The minimum atomic E-state index is -0.982. The quantitative estimate of drug-likeness (QED) is 0.143. The number of alkyl carbamates (subject to hydrolysis) is 1. The van der Waals surface area contributed by atoms with E-state index in [0.29, 0.717) is 5.92 Å². The molecule has 0 aromatic heterocycles. The van der Waals surface area contributed by atoms with Gasteiger partial charge >= 0.3 is 6.09 Å². The van der Waals surface area contributed by atoms with Crippen LogP contribution in [0.25, 0.3) is 0 Å². The maximum Gasteiger partial charge on any atom is 0.407 e. The molecule has 0 bridgehead atoms. The third kappa shape index (κ3) is 9.61. The number of benzene rings is 1. The molecule has 0 heterocycles. The predicted octanol–water partition coefficient (Wildman–Crippen LogP) is 0.959. The number of ether oxygens (including phenoxy) is 3. The maximum absolute atomic E-state index is 12.8. The van der Waals surface area contributed by atoms with E-state index < -0.39 is 18.0 Å². The summed E-state index contributed by atoms with van der Waals surface area (Å²) in [6.45, 7) is 1.25. The molecule has 39 heavy (non-hydrogen) atoms. The average molecular weight is 548 g/mol. The molecular weight excluding hydrogens is 506 g/mol. The smallest absolute Gasteiger partial charge is 0.407 e. The summed E-state index contributed by atoms with van der Waals surface area (Å²) in [6.07, 6.45) is 5.88. The maximum atomic E-state index is 12.8. The van der Waals surface area contributed by atoms with E-state index >= 15 is 0 Å². The van der Waals surface area contributed by atoms with E-state index in [0.717, 1.165) is 12.8 Å². The van der Waals surface area contributed by atoms with Crippen LogP contribution in [0.3, 0.4) is 0 Å². The van der Waals surface area contributed by atoms with Gasteiger partial charge in [0.25, 0.3) is 0 Å². The third-order valence-corrected chi connectivity index (χ3v) is 6.97. The topological polar surface area (TPSA) is 155 Å². The molecule has 0 fully saturated rings. The summed E-state index contributed by atoms with van der Waals surface area (Å²) in [7, 11) is 0. The highest BCUT2D eigenvalue weighted by Gasteiger charge is 2.40. The van der Waals surface area contributed by atoms with Crippen LogP contribution in [0, 0.1) is 5.92 Å². The van der Waals surface area contributed by atoms with Crippen LogP contribution in [0.4, 0.5) is 4.79 Å². The highest BCUT2D eigenvalue weighted by atomic mass is 16.5. The van der Waals surface area contributed by atoms with Gasteiger partial charge in [-0.2, -0.15) is 0 Å². The van der Waals surface area contributed by atoms with Gasteiger partial charge in [-0.1, -0.05) is 36.4 Å². The standard InChI is InChI=1S/C28H41N3O8/c32-13-17-37-15-11-29-26(34)10-9-25(27(35)30-12-16-38-18-14-33)31-28(36)39-19-24-22-7-3-1-5-20(22)21-6-2-4-8-23(21)24/h1,3-5,7-8,21,23-25,32-33H,2,6,9-19H2,(H,29,34)(H,30,35)(H,31,36). The predicted molar refractivity (Wildman–Crippen MR) is 143 cm³/mol. The molecule has 3 amide bonds. The molecule has 2 aliphatic rings. The number of aliphatic hydroxyl groups is 2. The van der Waals surface area contributed by atoms with Crippen molar-refractivity contribution in [2.45, 2.75) is 43.6 Å². The minimum Gasteiger partial charge on any atom is -0.449 e. The van der Waals surface area contributed by atoms with Crippen molar-refractivity contribution in [2.75, 3.05) is 59.3 Å². The Bertz CT molecular complexity index is 956. The van der Waals surface area contributed by atoms with E-state index in [-0.39, 0.29) is 89.9 Å². The molecule has 0 radical (unpaired) electrons. The fraction of sp³-hybridized carbons (Fsp3) is 0.607. The Labute approximate surface area is 229 Å². The van der Waals surface area contributed by atoms with E-state index in [1.54, 1.807) is 0 Å². The summed E-state index contributed by atoms with van der Waals surface area (Å²) in [5, 5.41) is 25.5. The minimum absolute atomic E-state index is 0.00390. The van der Waals surface area contributed by atoms with E-state index in [2.05, 4.69) is 40.2 Å². The molecule has 0 aliphatic heterocycles. The van der Waals surface area contributed by atoms with Crippen LogP contribution in [-0.2, 0) is 23.8 Å². The first kappa shape index (κ1) is 30.6. The van der Waals surface area contributed by atoms with Crippen molar-refractivity contribution in [2.24, 2.45) is 5.92 Å². The SMILES string of the molecule is O=C(CCC(NC(=O)OCC1c2ccccc2C2CCC=CC21)C(=O)NCCOCCO)NCCOCCO. The van der Waals surface area contributed by atoms with Crippen molar-refractivity contribution >= 4 is 17.9 Å². The fourth-order valence-corrected chi connectivity index (χ4v) is 5.18. The van der Waals surface area contributed by atoms with Gasteiger partial charge in [-0.3, -0.25) is 9.59 Å². The van der Waals surface area contributed by atoms with Crippen LogP contribution in [0.5, 0.6) is 0 Å². The van der Waals surface area contributed by atoms with Crippen molar-refractivity contribution in [3.63, 3.8) is 0 Å². The van der Waals surface area contributed by atoms with E-state index in [9.17, 15) is 14.4 Å². The van der Waals surface area contributed by atoms with Crippen molar-refractivity contribution < 1.29 is 38.8 Å². The highest BCUT2D eigenvalue weighted by Crippen LogP contribution is 2.51. The summed E-state index contributed by atoms with van der Waals surface area (Å²) < 4.78 is 15.9. The van der Waals surface area contributed by atoms with Gasteiger partial charge in [0.15, 0.2) is 0 Å². The second-order valence-corrected chi connectivity index (χ2v) is 9.57. The van der Waals surface area contributed by atoms with Gasteiger partial charge in [0.1, 0.15) is 12.6 Å². The van der Waals surface area contributed by atoms with E-state index in [1.807, 2.05) is 12.1 Å². The second kappa shape index (κ2) is 16.9. The molecule has 4 unspecified atom stereocenters. The van der Waals surface area contributed by atoms with Gasteiger partial charge in [0, 0.05) is 25.4 Å². The summed E-state index contributed by atoms with van der Waals surface area (Å²) in [6, 6.07) is 7.31. The first-order valence-electron chi connectivity index (χ1n) is 13.7. The average Bonchev–Trinajstić information content (AvgIpc) is 3.27. The van der Waals surface area contributed by atoms with Gasteiger partial charge in [-0.25, -0.2) is 4.79 Å².